The summed E-state index contributed by atoms with van der Waals surface area (Å²) in [6.07, 6.45) is 4.43. The van der Waals surface area contributed by atoms with Crippen LogP contribution in [0.4, 0.5) is 0 Å². The number of hydrogen-bond acceptors (Lipinski definition) is 2. The predicted octanol–water partition coefficient (Wildman–Crippen LogP) is 2.36. The highest BCUT2D eigenvalue weighted by molar-refractivity contribution is 5.59. The number of hydrogen-bond donors (Lipinski definition) is 0. The van der Waals surface area contributed by atoms with Crippen LogP contribution < -0.4 is 0 Å². The lowest BCUT2D eigenvalue weighted by atomic mass is 9.85. The van der Waals surface area contributed by atoms with Crippen LogP contribution in [-0.2, 0) is 0 Å². The van der Waals surface area contributed by atoms with E-state index in [0.29, 0.717) is 6.04 Å². The zero-order valence-electron chi connectivity index (χ0n) is 8.62. The van der Waals surface area contributed by atoms with Gasteiger partial charge in [-0.1, -0.05) is 27.2 Å². The van der Waals surface area contributed by atoms with Gasteiger partial charge in [0.2, 0.25) is 0 Å². The summed E-state index contributed by atoms with van der Waals surface area (Å²) in [4.78, 5) is 0. The van der Waals surface area contributed by atoms with E-state index in [1.165, 1.54) is 6.42 Å². The molecule has 70 valence electrons. The van der Waals surface area contributed by atoms with E-state index in [2.05, 4.69) is 37.9 Å². The molecule has 0 radical (unpaired) electrons. The van der Waals surface area contributed by atoms with Gasteiger partial charge in [0.25, 0.3) is 0 Å². The van der Waals surface area contributed by atoms with Crippen molar-refractivity contribution in [2.24, 2.45) is 16.9 Å². The van der Waals surface area contributed by atoms with Crippen molar-refractivity contribution in [3.8, 4) is 0 Å². The molecule has 1 aliphatic heterocycles. The quantitative estimate of drug-likeness (QED) is 0.631. The Bertz CT molecular complexity index is 163. The maximum absolute atomic E-state index is 4.28. The molecule has 0 aliphatic carbocycles. The highest BCUT2D eigenvalue weighted by Crippen LogP contribution is 2.26. The summed E-state index contributed by atoms with van der Waals surface area (Å²) in [6.45, 7) is 6.89. The maximum atomic E-state index is 4.28. The molecule has 0 spiro atoms. The van der Waals surface area contributed by atoms with Crippen LogP contribution >= 0.6 is 0 Å². The smallest absolute Gasteiger partial charge is 0.0547 e. The van der Waals surface area contributed by atoms with Crippen LogP contribution in [0.15, 0.2) is 5.10 Å². The molecule has 0 bridgehead atoms. The van der Waals surface area contributed by atoms with Crippen LogP contribution in [-0.4, -0.2) is 24.3 Å². The van der Waals surface area contributed by atoms with Gasteiger partial charge in [-0.15, -0.1) is 0 Å². The minimum absolute atomic E-state index is 0.648. The third-order valence-electron chi connectivity index (χ3n) is 2.91. The van der Waals surface area contributed by atoms with Crippen LogP contribution in [0.2, 0.25) is 0 Å². The highest BCUT2D eigenvalue weighted by atomic mass is 15.5. The molecule has 1 rings (SSSR count). The van der Waals surface area contributed by atoms with Gasteiger partial charge in [0.15, 0.2) is 0 Å². The predicted molar refractivity (Wildman–Crippen MR) is 53.3 cm³/mol. The van der Waals surface area contributed by atoms with E-state index < -0.39 is 0 Å². The third-order valence-corrected chi connectivity index (χ3v) is 2.91. The summed E-state index contributed by atoms with van der Waals surface area (Å²) in [5.41, 5.74) is 0. The van der Waals surface area contributed by atoms with Crippen molar-refractivity contribution in [1.29, 1.82) is 0 Å². The standard InChI is InChI=1S/C10H20N2/c1-5-9(8(2)3)10-6-7-11-12(10)4/h7-10H,5-6H2,1-4H3. The van der Waals surface area contributed by atoms with E-state index in [-0.39, 0.29) is 0 Å². The molecule has 0 aromatic heterocycles. The summed E-state index contributed by atoms with van der Waals surface area (Å²) < 4.78 is 0. The minimum Gasteiger partial charge on any atom is -0.297 e. The Morgan fingerprint density at radius 2 is 2.25 bits per heavy atom. The van der Waals surface area contributed by atoms with Crippen molar-refractivity contribution in [3.05, 3.63) is 0 Å². The molecule has 0 aromatic rings. The molecular weight excluding hydrogens is 148 g/mol. The fourth-order valence-electron chi connectivity index (χ4n) is 2.16. The second-order valence-corrected chi connectivity index (χ2v) is 3.99. The van der Waals surface area contributed by atoms with Gasteiger partial charge in [-0.25, -0.2) is 0 Å². The Morgan fingerprint density at radius 3 is 2.58 bits per heavy atom. The average molecular weight is 168 g/mol. The van der Waals surface area contributed by atoms with Gasteiger partial charge in [0.1, 0.15) is 0 Å². The Morgan fingerprint density at radius 1 is 1.58 bits per heavy atom. The monoisotopic (exact) mass is 168 g/mol. The van der Waals surface area contributed by atoms with Crippen molar-refractivity contribution in [3.63, 3.8) is 0 Å². The first kappa shape index (κ1) is 9.56. The SMILES string of the molecule is CCC(C(C)C)C1CC=NN1C. The lowest BCUT2D eigenvalue weighted by Crippen LogP contribution is -2.33. The van der Waals surface area contributed by atoms with Crippen LogP contribution in [0.5, 0.6) is 0 Å². The van der Waals surface area contributed by atoms with Crippen LogP contribution in [0.1, 0.15) is 33.6 Å². The molecule has 0 fully saturated rings. The van der Waals surface area contributed by atoms with Crippen molar-refractivity contribution in [1.82, 2.24) is 5.01 Å². The average Bonchev–Trinajstić information content (AvgIpc) is 2.38. The third kappa shape index (κ3) is 1.79. The molecule has 1 heterocycles. The second kappa shape index (κ2) is 3.92. The summed E-state index contributed by atoms with van der Waals surface area (Å²) in [6, 6.07) is 0.648. The van der Waals surface area contributed by atoms with E-state index in [4.69, 9.17) is 0 Å². The molecule has 2 nitrogen and oxygen atoms in total. The lowest BCUT2D eigenvalue weighted by molar-refractivity contribution is 0.164. The van der Waals surface area contributed by atoms with Crippen molar-refractivity contribution >= 4 is 6.21 Å². The normalized spacial score (nSPS) is 25.4. The summed E-state index contributed by atoms with van der Waals surface area (Å²) in [5, 5.41) is 6.40. The summed E-state index contributed by atoms with van der Waals surface area (Å²) >= 11 is 0. The van der Waals surface area contributed by atoms with Gasteiger partial charge < -0.3 is 0 Å². The molecule has 2 atom stereocenters. The van der Waals surface area contributed by atoms with Gasteiger partial charge in [-0.2, -0.15) is 5.10 Å². The van der Waals surface area contributed by atoms with Crippen LogP contribution in [0.25, 0.3) is 0 Å². The maximum Gasteiger partial charge on any atom is 0.0547 e. The highest BCUT2D eigenvalue weighted by Gasteiger charge is 2.27. The largest absolute Gasteiger partial charge is 0.297 e. The molecule has 2 heteroatoms. The molecule has 0 N–H and O–H groups in total. The topological polar surface area (TPSA) is 15.6 Å². The van der Waals surface area contributed by atoms with E-state index >= 15 is 0 Å². The van der Waals surface area contributed by atoms with Gasteiger partial charge >= 0.3 is 0 Å². The molecule has 2 unspecified atom stereocenters. The van der Waals surface area contributed by atoms with Crippen molar-refractivity contribution < 1.29 is 0 Å². The molecule has 1 aliphatic rings. The lowest BCUT2D eigenvalue weighted by Gasteiger charge is -2.30. The first-order chi connectivity index (χ1) is 5.66. The van der Waals surface area contributed by atoms with Crippen molar-refractivity contribution in [2.45, 2.75) is 39.7 Å². The Kier molecular flexibility index (Phi) is 3.12. The minimum atomic E-state index is 0.648. The Hall–Kier alpha value is -0.530. The number of hydrazone groups is 1. The van der Waals surface area contributed by atoms with Crippen LogP contribution in [0.3, 0.4) is 0 Å². The zero-order valence-corrected chi connectivity index (χ0v) is 8.62. The number of nitrogens with zero attached hydrogens (tertiary/aromatic N) is 2. The van der Waals surface area contributed by atoms with Gasteiger partial charge in [-0.05, 0) is 11.8 Å². The van der Waals surface area contributed by atoms with Gasteiger partial charge in [0, 0.05) is 19.7 Å². The van der Waals surface area contributed by atoms with E-state index in [1.807, 2.05) is 6.21 Å². The molecule has 0 saturated carbocycles. The summed E-state index contributed by atoms with van der Waals surface area (Å²) in [5.74, 6) is 1.56. The molecule has 0 amide bonds. The van der Waals surface area contributed by atoms with E-state index in [0.717, 1.165) is 18.3 Å². The number of rotatable bonds is 3. The fourth-order valence-corrected chi connectivity index (χ4v) is 2.16. The zero-order chi connectivity index (χ0) is 9.14. The summed E-state index contributed by atoms with van der Waals surface area (Å²) in [7, 11) is 2.08. The molecule has 0 saturated heterocycles. The second-order valence-electron chi connectivity index (χ2n) is 3.99. The molecule has 12 heavy (non-hydrogen) atoms. The molecular formula is C10H20N2. The first-order valence-electron chi connectivity index (χ1n) is 4.92. The van der Waals surface area contributed by atoms with E-state index in [1.54, 1.807) is 0 Å². The van der Waals surface area contributed by atoms with Crippen LogP contribution in [0, 0.1) is 11.8 Å². The Balaban J connectivity index is 2.55. The van der Waals surface area contributed by atoms with Gasteiger partial charge in [-0.3, -0.25) is 5.01 Å². The van der Waals surface area contributed by atoms with E-state index in [9.17, 15) is 0 Å². The van der Waals surface area contributed by atoms with Gasteiger partial charge in [0.05, 0.1) is 6.04 Å². The Labute approximate surface area is 75.6 Å². The molecule has 0 aromatic carbocycles. The first-order valence-corrected chi connectivity index (χ1v) is 4.92. The van der Waals surface area contributed by atoms with Crippen molar-refractivity contribution in [2.75, 3.05) is 7.05 Å². The fraction of sp³-hybridized carbons (Fsp3) is 0.900.